The van der Waals surface area contributed by atoms with Crippen LogP contribution < -0.4 is 4.90 Å². The first kappa shape index (κ1) is 27.5. The van der Waals surface area contributed by atoms with Gasteiger partial charge in [-0.2, -0.15) is 0 Å². The molecule has 0 saturated carbocycles. The van der Waals surface area contributed by atoms with Crippen molar-refractivity contribution in [2.24, 2.45) is 0 Å². The van der Waals surface area contributed by atoms with E-state index in [0.29, 0.717) is 28.8 Å². The zero-order valence-electron chi connectivity index (χ0n) is 18.3. The second kappa shape index (κ2) is 12.1. The van der Waals surface area contributed by atoms with Gasteiger partial charge in [-0.25, -0.2) is 17.8 Å². The number of anilines is 1. The van der Waals surface area contributed by atoms with E-state index in [0.717, 1.165) is 29.9 Å². The van der Waals surface area contributed by atoms with Crippen LogP contribution in [0.4, 0.5) is 9.52 Å². The van der Waals surface area contributed by atoms with Crippen molar-refractivity contribution in [1.29, 1.82) is 0 Å². The number of hydrogen-bond acceptors (Lipinski definition) is 6. The van der Waals surface area contributed by atoms with Gasteiger partial charge in [0.1, 0.15) is 11.3 Å². The zero-order chi connectivity index (χ0) is 23.3. The molecule has 0 N–H and O–H groups in total. The van der Waals surface area contributed by atoms with Gasteiger partial charge in [-0.15, -0.1) is 12.4 Å². The number of carbonyl (C=O) groups excluding carboxylic acids is 1. The lowest BCUT2D eigenvalue weighted by Gasteiger charge is -2.24. The normalized spacial score (nSPS) is 11.5. The number of nitrogens with zero attached hydrogens (tertiary/aromatic N) is 3. The van der Waals surface area contributed by atoms with E-state index in [1.54, 1.807) is 11.0 Å². The molecule has 1 heterocycles. The lowest BCUT2D eigenvalue weighted by Crippen LogP contribution is -2.39. The molecule has 2 aromatic carbocycles. The molecule has 6 nitrogen and oxygen atoms in total. The highest BCUT2D eigenvalue weighted by Crippen LogP contribution is 2.33. The summed E-state index contributed by atoms with van der Waals surface area (Å²) in [6.07, 6.45) is -0.207. The minimum atomic E-state index is -3.72. The first-order chi connectivity index (χ1) is 15.2. The molecule has 0 fully saturated rings. The Balaban J connectivity index is 0.00000385. The molecule has 1 aromatic heterocycles. The average molecular weight is 535 g/mol. The monoisotopic (exact) mass is 533 g/mol. The van der Waals surface area contributed by atoms with Crippen LogP contribution in [-0.2, 0) is 14.6 Å². The molecule has 180 valence electrons. The summed E-state index contributed by atoms with van der Waals surface area (Å²) >= 11 is 7.60. The van der Waals surface area contributed by atoms with Crippen molar-refractivity contribution >= 4 is 66.4 Å². The Hall–Kier alpha value is -1.78. The molecule has 33 heavy (non-hydrogen) atoms. The fourth-order valence-electron chi connectivity index (χ4n) is 3.24. The Kier molecular flexibility index (Phi) is 10.1. The van der Waals surface area contributed by atoms with Crippen LogP contribution in [0.15, 0.2) is 47.4 Å². The van der Waals surface area contributed by atoms with E-state index in [1.807, 2.05) is 26.0 Å². The number of likely N-dealkylation sites (N-methyl/N-ethyl adjacent to an activating group) is 1. The van der Waals surface area contributed by atoms with Gasteiger partial charge >= 0.3 is 0 Å². The van der Waals surface area contributed by atoms with Crippen LogP contribution in [0.2, 0.25) is 5.02 Å². The number of aromatic nitrogens is 1. The smallest absolute Gasteiger partial charge is 0.229 e. The number of rotatable bonds is 10. The molecule has 3 rings (SSSR count). The van der Waals surface area contributed by atoms with Gasteiger partial charge in [0, 0.05) is 19.5 Å². The standard InChI is InChI=1S/C22H25ClFN3O3S2.ClH/c1-3-26(4-2)13-14-27(22-25-21-18(23)6-5-7-19(21)31-22)20(28)12-15-32(29,30)17-10-8-16(24)9-11-17;/h5-11H,3-4,12-15H2,1-2H3;1H. The summed E-state index contributed by atoms with van der Waals surface area (Å²) in [6.45, 7) is 6.78. The highest BCUT2D eigenvalue weighted by molar-refractivity contribution is 7.91. The minimum Gasteiger partial charge on any atom is -0.302 e. The first-order valence-corrected chi connectivity index (χ1v) is 13.2. The van der Waals surface area contributed by atoms with Gasteiger partial charge in [0.2, 0.25) is 5.91 Å². The van der Waals surface area contributed by atoms with Crippen LogP contribution in [0, 0.1) is 5.82 Å². The van der Waals surface area contributed by atoms with Gasteiger partial charge in [0.05, 0.1) is 20.4 Å². The Morgan fingerprint density at radius 3 is 2.36 bits per heavy atom. The molecule has 0 radical (unpaired) electrons. The number of sulfone groups is 1. The van der Waals surface area contributed by atoms with Crippen LogP contribution in [0.25, 0.3) is 10.2 Å². The highest BCUT2D eigenvalue weighted by atomic mass is 35.5. The van der Waals surface area contributed by atoms with Crippen LogP contribution in [0.5, 0.6) is 0 Å². The third kappa shape index (κ3) is 6.86. The third-order valence-corrected chi connectivity index (χ3v) is 8.26. The molecular weight excluding hydrogens is 508 g/mol. The molecule has 0 aliphatic rings. The van der Waals surface area contributed by atoms with Crippen LogP contribution in [0.1, 0.15) is 20.3 Å². The fraction of sp³-hybridized carbons (Fsp3) is 0.364. The van der Waals surface area contributed by atoms with E-state index < -0.39 is 15.7 Å². The van der Waals surface area contributed by atoms with Crippen LogP contribution >= 0.6 is 35.3 Å². The molecule has 1 amide bonds. The lowest BCUT2D eigenvalue weighted by molar-refractivity contribution is -0.118. The first-order valence-electron chi connectivity index (χ1n) is 10.3. The van der Waals surface area contributed by atoms with E-state index in [-0.39, 0.29) is 35.4 Å². The Morgan fingerprint density at radius 2 is 1.76 bits per heavy atom. The summed E-state index contributed by atoms with van der Waals surface area (Å²) in [5, 5.41) is 0.990. The molecule has 0 aliphatic carbocycles. The topological polar surface area (TPSA) is 70.6 Å². The largest absolute Gasteiger partial charge is 0.302 e. The Labute approximate surface area is 208 Å². The second-order valence-electron chi connectivity index (χ2n) is 7.18. The predicted octanol–water partition coefficient (Wildman–Crippen LogP) is 5.05. The van der Waals surface area contributed by atoms with Crippen molar-refractivity contribution in [2.45, 2.75) is 25.2 Å². The number of halogens is 3. The van der Waals surface area contributed by atoms with E-state index in [2.05, 4.69) is 9.88 Å². The van der Waals surface area contributed by atoms with Crippen LogP contribution in [0.3, 0.4) is 0 Å². The maximum atomic E-state index is 13.1. The minimum absolute atomic E-state index is 0. The predicted molar refractivity (Wildman–Crippen MR) is 135 cm³/mol. The van der Waals surface area contributed by atoms with Gasteiger partial charge in [-0.05, 0) is 49.5 Å². The maximum Gasteiger partial charge on any atom is 0.229 e. The summed E-state index contributed by atoms with van der Waals surface area (Å²) in [7, 11) is -3.72. The zero-order valence-corrected chi connectivity index (χ0v) is 21.5. The SMILES string of the molecule is CCN(CC)CCN(C(=O)CCS(=O)(=O)c1ccc(F)cc1)c1nc2c(Cl)cccc2s1.Cl. The molecule has 0 spiro atoms. The molecule has 11 heteroatoms. The number of fused-ring (bicyclic) bond motifs is 1. The van der Waals surface area contributed by atoms with Crippen molar-refractivity contribution in [3.8, 4) is 0 Å². The van der Waals surface area contributed by atoms with Gasteiger partial charge in [-0.1, -0.05) is 42.9 Å². The summed E-state index contributed by atoms with van der Waals surface area (Å²) in [5.74, 6) is -1.22. The van der Waals surface area contributed by atoms with E-state index in [1.165, 1.54) is 23.5 Å². The number of benzene rings is 2. The number of thiazole rings is 1. The average Bonchev–Trinajstić information content (AvgIpc) is 3.21. The van der Waals surface area contributed by atoms with Crippen molar-refractivity contribution in [2.75, 3.05) is 36.8 Å². The number of amides is 1. The lowest BCUT2D eigenvalue weighted by atomic mass is 10.3. The molecular formula is C22H26Cl2FN3O3S2. The van der Waals surface area contributed by atoms with Gasteiger partial charge in [0.15, 0.2) is 15.0 Å². The van der Waals surface area contributed by atoms with Crippen molar-refractivity contribution in [1.82, 2.24) is 9.88 Å². The Morgan fingerprint density at radius 1 is 1.09 bits per heavy atom. The van der Waals surface area contributed by atoms with Crippen molar-refractivity contribution in [3.63, 3.8) is 0 Å². The van der Waals surface area contributed by atoms with Crippen molar-refractivity contribution in [3.05, 3.63) is 53.3 Å². The molecule has 3 aromatic rings. The number of hydrogen-bond donors (Lipinski definition) is 0. The fourth-order valence-corrected chi connectivity index (χ4v) is 5.78. The summed E-state index contributed by atoms with van der Waals surface area (Å²) in [5.41, 5.74) is 0.619. The second-order valence-corrected chi connectivity index (χ2v) is 10.7. The summed E-state index contributed by atoms with van der Waals surface area (Å²) in [4.78, 5) is 21.4. The van der Waals surface area contributed by atoms with Gasteiger partial charge in [-0.3, -0.25) is 9.69 Å². The van der Waals surface area contributed by atoms with E-state index >= 15 is 0 Å². The molecule has 0 bridgehead atoms. The summed E-state index contributed by atoms with van der Waals surface area (Å²) < 4.78 is 39.2. The van der Waals surface area contributed by atoms with E-state index in [4.69, 9.17) is 11.6 Å². The van der Waals surface area contributed by atoms with Crippen molar-refractivity contribution < 1.29 is 17.6 Å². The molecule has 0 atom stereocenters. The van der Waals surface area contributed by atoms with Crippen LogP contribution in [-0.4, -0.2) is 56.1 Å². The quantitative estimate of drug-likeness (QED) is 0.341. The highest BCUT2D eigenvalue weighted by Gasteiger charge is 2.24. The summed E-state index contributed by atoms with van der Waals surface area (Å²) in [6, 6.07) is 10.1. The maximum absolute atomic E-state index is 13.1. The molecule has 0 saturated heterocycles. The third-order valence-electron chi connectivity index (χ3n) is 5.18. The van der Waals surface area contributed by atoms with Gasteiger partial charge in [0.25, 0.3) is 0 Å². The van der Waals surface area contributed by atoms with Gasteiger partial charge < -0.3 is 4.90 Å². The number of para-hydroxylation sites is 1. The molecule has 0 unspecified atom stereocenters. The number of carbonyl (C=O) groups is 1. The Bertz CT molecular complexity index is 1180. The van der Waals surface area contributed by atoms with E-state index in [9.17, 15) is 17.6 Å². The molecule has 0 aliphatic heterocycles.